The second-order valence-corrected chi connectivity index (χ2v) is 6.45. The summed E-state index contributed by atoms with van der Waals surface area (Å²) in [5, 5.41) is 26.4. The number of hydrogen-bond acceptors (Lipinski definition) is 4. The molecule has 118 valence electrons. The SMILES string of the molecule is N#Cc1cnn2c1NC(CCCCO)C1Cc3ccccc3C12. The highest BCUT2D eigenvalue weighted by Gasteiger charge is 2.43. The van der Waals surface area contributed by atoms with Gasteiger partial charge in [-0.1, -0.05) is 24.3 Å². The van der Waals surface area contributed by atoms with Crippen molar-refractivity contribution in [2.75, 3.05) is 11.9 Å². The summed E-state index contributed by atoms with van der Waals surface area (Å²) in [6.07, 6.45) is 5.53. The number of benzene rings is 1. The number of nitrogens with zero attached hydrogens (tertiary/aromatic N) is 3. The number of rotatable bonds is 4. The van der Waals surface area contributed by atoms with Crippen molar-refractivity contribution >= 4 is 5.82 Å². The highest BCUT2D eigenvalue weighted by Crippen LogP contribution is 2.46. The van der Waals surface area contributed by atoms with Gasteiger partial charge in [-0.3, -0.25) is 0 Å². The molecule has 2 heterocycles. The van der Waals surface area contributed by atoms with Crippen LogP contribution in [-0.4, -0.2) is 27.5 Å². The summed E-state index contributed by atoms with van der Waals surface area (Å²) >= 11 is 0. The zero-order valence-electron chi connectivity index (χ0n) is 12.9. The van der Waals surface area contributed by atoms with Gasteiger partial charge in [0.1, 0.15) is 17.5 Å². The van der Waals surface area contributed by atoms with E-state index in [1.807, 2.05) is 4.68 Å². The van der Waals surface area contributed by atoms with E-state index in [-0.39, 0.29) is 12.6 Å². The third-order valence-electron chi connectivity index (χ3n) is 5.18. The third kappa shape index (κ3) is 2.22. The molecule has 0 bridgehead atoms. The van der Waals surface area contributed by atoms with E-state index in [4.69, 9.17) is 5.11 Å². The van der Waals surface area contributed by atoms with Gasteiger partial charge in [-0.2, -0.15) is 10.4 Å². The van der Waals surface area contributed by atoms with Crippen LogP contribution in [0.1, 0.15) is 42.0 Å². The highest BCUT2D eigenvalue weighted by molar-refractivity contribution is 5.56. The van der Waals surface area contributed by atoms with Crippen molar-refractivity contribution in [3.63, 3.8) is 0 Å². The van der Waals surface area contributed by atoms with Gasteiger partial charge in [0.05, 0.1) is 12.2 Å². The van der Waals surface area contributed by atoms with Crippen LogP contribution in [0, 0.1) is 17.2 Å². The third-order valence-corrected chi connectivity index (χ3v) is 5.18. The Morgan fingerprint density at radius 3 is 3.04 bits per heavy atom. The van der Waals surface area contributed by atoms with Crippen molar-refractivity contribution < 1.29 is 5.11 Å². The fourth-order valence-corrected chi connectivity index (χ4v) is 4.12. The molecule has 4 rings (SSSR count). The van der Waals surface area contributed by atoms with Gasteiger partial charge in [0.15, 0.2) is 0 Å². The van der Waals surface area contributed by atoms with E-state index in [0.717, 1.165) is 31.5 Å². The Morgan fingerprint density at radius 1 is 1.35 bits per heavy atom. The summed E-state index contributed by atoms with van der Waals surface area (Å²) in [4.78, 5) is 0. The molecule has 5 heteroatoms. The Balaban J connectivity index is 1.74. The average Bonchev–Trinajstić information content (AvgIpc) is 3.15. The maximum atomic E-state index is 9.34. The minimum absolute atomic E-state index is 0.212. The Bertz CT molecular complexity index is 761. The molecule has 23 heavy (non-hydrogen) atoms. The summed E-state index contributed by atoms with van der Waals surface area (Å²) in [5.74, 6) is 1.30. The maximum absolute atomic E-state index is 9.34. The van der Waals surface area contributed by atoms with E-state index >= 15 is 0 Å². The first-order valence-corrected chi connectivity index (χ1v) is 8.26. The van der Waals surface area contributed by atoms with E-state index in [9.17, 15) is 5.26 Å². The predicted molar refractivity (Wildman–Crippen MR) is 87.1 cm³/mol. The Morgan fingerprint density at radius 2 is 2.22 bits per heavy atom. The van der Waals surface area contributed by atoms with Crippen LogP contribution in [0.4, 0.5) is 5.82 Å². The molecule has 1 aromatic heterocycles. The van der Waals surface area contributed by atoms with Crippen LogP contribution >= 0.6 is 0 Å². The second-order valence-electron chi connectivity index (χ2n) is 6.45. The van der Waals surface area contributed by atoms with Crippen LogP contribution in [-0.2, 0) is 6.42 Å². The molecule has 0 saturated heterocycles. The number of fused-ring (bicyclic) bond motifs is 5. The molecule has 0 fully saturated rings. The monoisotopic (exact) mass is 308 g/mol. The lowest BCUT2D eigenvalue weighted by Crippen LogP contribution is -2.40. The molecule has 1 aromatic carbocycles. The lowest BCUT2D eigenvalue weighted by molar-refractivity contribution is 0.266. The lowest BCUT2D eigenvalue weighted by atomic mass is 9.87. The fourth-order valence-electron chi connectivity index (χ4n) is 4.12. The highest BCUT2D eigenvalue weighted by atomic mass is 16.2. The smallest absolute Gasteiger partial charge is 0.143 e. The molecule has 2 N–H and O–H groups in total. The summed E-state index contributed by atoms with van der Waals surface area (Å²) in [6.45, 7) is 0.239. The normalized spacial score (nSPS) is 24.3. The van der Waals surface area contributed by atoms with Gasteiger partial charge >= 0.3 is 0 Å². The molecule has 1 aliphatic carbocycles. The summed E-state index contributed by atoms with van der Waals surface area (Å²) in [5.41, 5.74) is 3.33. The van der Waals surface area contributed by atoms with E-state index < -0.39 is 0 Å². The van der Waals surface area contributed by atoms with Gasteiger partial charge in [0.2, 0.25) is 0 Å². The van der Waals surface area contributed by atoms with Gasteiger partial charge in [0.25, 0.3) is 0 Å². The number of anilines is 1. The first kappa shape index (κ1) is 14.3. The minimum Gasteiger partial charge on any atom is -0.396 e. The fraction of sp³-hybridized carbons (Fsp3) is 0.444. The molecule has 0 spiro atoms. The average molecular weight is 308 g/mol. The van der Waals surface area contributed by atoms with E-state index in [1.165, 1.54) is 11.1 Å². The molecular weight excluding hydrogens is 288 g/mol. The van der Waals surface area contributed by atoms with Gasteiger partial charge < -0.3 is 10.4 Å². The van der Waals surface area contributed by atoms with Crippen molar-refractivity contribution in [1.82, 2.24) is 9.78 Å². The van der Waals surface area contributed by atoms with Gasteiger partial charge in [-0.25, -0.2) is 4.68 Å². The molecule has 3 unspecified atom stereocenters. The summed E-state index contributed by atoms with van der Waals surface area (Å²) in [6, 6.07) is 11.3. The summed E-state index contributed by atoms with van der Waals surface area (Å²) in [7, 11) is 0. The second kappa shape index (κ2) is 5.71. The molecular formula is C18H20N4O. The standard InChI is InChI=1S/C18H20N4O/c19-10-13-11-20-22-17-14-6-2-1-5-12(14)9-15(17)16(21-18(13)22)7-3-4-8-23/h1-2,5-6,11,15-17,21,23H,3-4,7-9H2. The lowest BCUT2D eigenvalue weighted by Gasteiger charge is -2.37. The van der Waals surface area contributed by atoms with Crippen LogP contribution in [0.15, 0.2) is 30.5 Å². The van der Waals surface area contributed by atoms with Gasteiger partial charge in [-0.05, 0) is 36.8 Å². The first-order chi connectivity index (χ1) is 11.3. The molecule has 5 nitrogen and oxygen atoms in total. The topological polar surface area (TPSA) is 73.9 Å². The number of unbranched alkanes of at least 4 members (excludes halogenated alkanes) is 1. The number of nitrogens with one attached hydrogen (secondary N) is 1. The van der Waals surface area contributed by atoms with Crippen molar-refractivity contribution in [2.45, 2.75) is 37.8 Å². The molecule has 0 amide bonds. The number of aliphatic hydroxyl groups excluding tert-OH is 1. The molecule has 3 atom stereocenters. The number of aromatic nitrogens is 2. The Kier molecular flexibility index (Phi) is 3.55. The summed E-state index contributed by atoms with van der Waals surface area (Å²) < 4.78 is 2.00. The number of aliphatic hydroxyl groups is 1. The first-order valence-electron chi connectivity index (χ1n) is 8.26. The van der Waals surface area contributed by atoms with Crippen LogP contribution in [0.2, 0.25) is 0 Å². The molecule has 2 aliphatic rings. The maximum Gasteiger partial charge on any atom is 0.143 e. The van der Waals surface area contributed by atoms with E-state index in [2.05, 4.69) is 40.8 Å². The molecule has 2 aromatic rings. The predicted octanol–water partition coefficient (Wildman–Crippen LogP) is 2.47. The van der Waals surface area contributed by atoms with E-state index in [0.29, 0.717) is 17.5 Å². The van der Waals surface area contributed by atoms with Crippen molar-refractivity contribution in [3.8, 4) is 6.07 Å². The van der Waals surface area contributed by atoms with Crippen LogP contribution in [0.25, 0.3) is 0 Å². The number of hydrogen-bond donors (Lipinski definition) is 2. The van der Waals surface area contributed by atoms with Crippen molar-refractivity contribution in [1.29, 1.82) is 5.26 Å². The van der Waals surface area contributed by atoms with Crippen LogP contribution < -0.4 is 5.32 Å². The quantitative estimate of drug-likeness (QED) is 0.851. The van der Waals surface area contributed by atoms with E-state index in [1.54, 1.807) is 6.20 Å². The van der Waals surface area contributed by atoms with Crippen LogP contribution in [0.5, 0.6) is 0 Å². The van der Waals surface area contributed by atoms with Crippen molar-refractivity contribution in [3.05, 3.63) is 47.2 Å². The minimum atomic E-state index is 0.212. The molecule has 1 aliphatic heterocycles. The van der Waals surface area contributed by atoms with Crippen molar-refractivity contribution in [2.24, 2.45) is 5.92 Å². The largest absolute Gasteiger partial charge is 0.396 e. The zero-order valence-corrected chi connectivity index (χ0v) is 12.9. The van der Waals surface area contributed by atoms with Crippen LogP contribution in [0.3, 0.4) is 0 Å². The molecule has 0 radical (unpaired) electrons. The Labute approximate surface area is 135 Å². The number of nitriles is 1. The Hall–Kier alpha value is -2.32. The molecule has 0 saturated carbocycles. The van der Waals surface area contributed by atoms with Gasteiger partial charge in [0, 0.05) is 18.6 Å². The zero-order chi connectivity index (χ0) is 15.8. The van der Waals surface area contributed by atoms with Gasteiger partial charge in [-0.15, -0.1) is 0 Å².